The molecule has 0 spiro atoms. The maximum Gasteiger partial charge on any atom is 0.191 e. The van der Waals surface area contributed by atoms with E-state index < -0.39 is 0 Å². The first-order valence-electron chi connectivity index (χ1n) is 8.26. The molecule has 0 radical (unpaired) electrons. The van der Waals surface area contributed by atoms with Crippen LogP contribution in [-0.4, -0.2) is 29.5 Å². The molecule has 2 fully saturated rings. The van der Waals surface area contributed by atoms with Crippen LogP contribution < -0.4 is 5.73 Å². The van der Waals surface area contributed by atoms with Crippen LogP contribution in [0.15, 0.2) is 4.99 Å². The summed E-state index contributed by atoms with van der Waals surface area (Å²) in [5, 5.41) is 0. The minimum absolute atomic E-state index is 0.503. The third kappa shape index (κ3) is 4.39. The van der Waals surface area contributed by atoms with E-state index in [0.29, 0.717) is 12.1 Å². The highest BCUT2D eigenvalue weighted by atomic mass is 15.3. The second-order valence-corrected chi connectivity index (χ2v) is 6.74. The summed E-state index contributed by atoms with van der Waals surface area (Å²) >= 11 is 0. The van der Waals surface area contributed by atoms with Gasteiger partial charge in [0.05, 0.1) is 6.04 Å². The Balaban J connectivity index is 1.97. The highest BCUT2D eigenvalue weighted by molar-refractivity contribution is 5.78. The predicted octanol–water partition coefficient (Wildman–Crippen LogP) is 3.53. The van der Waals surface area contributed by atoms with Gasteiger partial charge in [-0.1, -0.05) is 39.5 Å². The molecule has 2 N–H and O–H groups in total. The van der Waals surface area contributed by atoms with Crippen molar-refractivity contribution in [2.24, 2.45) is 16.6 Å². The van der Waals surface area contributed by atoms with Crippen molar-refractivity contribution in [3.8, 4) is 0 Å². The van der Waals surface area contributed by atoms with E-state index in [4.69, 9.17) is 10.7 Å². The standard InChI is InChI=1S/C16H31N3/c1-13(2)11-12-19(15-9-5-6-10-15)16(17)18-14-7-3-4-8-14/h13-15H,3-12H2,1-2H3,(H2,17,18). The van der Waals surface area contributed by atoms with E-state index in [1.165, 1.54) is 57.8 Å². The molecule has 19 heavy (non-hydrogen) atoms. The molecule has 0 heterocycles. The number of hydrogen-bond acceptors (Lipinski definition) is 1. The molecular formula is C16H31N3. The summed E-state index contributed by atoms with van der Waals surface area (Å²) in [5.41, 5.74) is 6.34. The number of hydrogen-bond donors (Lipinski definition) is 1. The predicted molar refractivity (Wildman–Crippen MR) is 82.3 cm³/mol. The summed E-state index contributed by atoms with van der Waals surface area (Å²) in [6.07, 6.45) is 11.7. The van der Waals surface area contributed by atoms with Crippen LogP contribution in [0.3, 0.4) is 0 Å². The second kappa shape index (κ2) is 7.16. The average Bonchev–Trinajstić information content (AvgIpc) is 3.01. The zero-order valence-corrected chi connectivity index (χ0v) is 12.8. The van der Waals surface area contributed by atoms with Gasteiger partial charge in [0.1, 0.15) is 0 Å². The van der Waals surface area contributed by atoms with Crippen molar-refractivity contribution < 1.29 is 0 Å². The average molecular weight is 265 g/mol. The van der Waals surface area contributed by atoms with Gasteiger partial charge in [0.2, 0.25) is 0 Å². The van der Waals surface area contributed by atoms with Gasteiger partial charge in [-0.15, -0.1) is 0 Å². The molecular weight excluding hydrogens is 234 g/mol. The molecule has 3 nitrogen and oxygen atoms in total. The van der Waals surface area contributed by atoms with E-state index in [1.54, 1.807) is 0 Å². The molecule has 0 atom stereocenters. The monoisotopic (exact) mass is 265 g/mol. The molecule has 0 amide bonds. The van der Waals surface area contributed by atoms with E-state index in [0.717, 1.165) is 18.4 Å². The fourth-order valence-electron chi connectivity index (χ4n) is 3.39. The molecule has 0 aliphatic heterocycles. The lowest BCUT2D eigenvalue weighted by Crippen LogP contribution is -2.45. The van der Waals surface area contributed by atoms with Gasteiger partial charge < -0.3 is 10.6 Å². The van der Waals surface area contributed by atoms with Crippen molar-refractivity contribution >= 4 is 5.96 Å². The van der Waals surface area contributed by atoms with Crippen molar-refractivity contribution in [2.75, 3.05) is 6.54 Å². The number of guanidine groups is 1. The zero-order chi connectivity index (χ0) is 13.7. The van der Waals surface area contributed by atoms with Crippen molar-refractivity contribution in [1.29, 1.82) is 0 Å². The van der Waals surface area contributed by atoms with E-state index in [1.807, 2.05) is 0 Å². The SMILES string of the molecule is CC(C)CCN(C(N)=NC1CCCC1)C1CCCC1. The normalized spacial score (nSPS) is 22.6. The molecule has 2 saturated carbocycles. The van der Waals surface area contributed by atoms with Crippen molar-refractivity contribution in [2.45, 2.75) is 83.7 Å². The third-order valence-electron chi connectivity index (χ3n) is 4.65. The van der Waals surface area contributed by atoms with Gasteiger partial charge in [-0.3, -0.25) is 0 Å². The second-order valence-electron chi connectivity index (χ2n) is 6.74. The summed E-state index contributed by atoms with van der Waals surface area (Å²) < 4.78 is 0. The molecule has 2 rings (SSSR count). The Morgan fingerprint density at radius 3 is 2.26 bits per heavy atom. The Hall–Kier alpha value is -0.730. The maximum atomic E-state index is 6.34. The first-order chi connectivity index (χ1) is 9.16. The Morgan fingerprint density at radius 1 is 1.11 bits per heavy atom. The topological polar surface area (TPSA) is 41.6 Å². The highest BCUT2D eigenvalue weighted by Gasteiger charge is 2.25. The lowest BCUT2D eigenvalue weighted by atomic mass is 10.1. The third-order valence-corrected chi connectivity index (χ3v) is 4.65. The van der Waals surface area contributed by atoms with Crippen molar-refractivity contribution in [3.05, 3.63) is 0 Å². The summed E-state index contributed by atoms with van der Waals surface area (Å²) in [7, 11) is 0. The smallest absolute Gasteiger partial charge is 0.191 e. The molecule has 0 aromatic carbocycles. The van der Waals surface area contributed by atoms with Crippen LogP contribution >= 0.6 is 0 Å². The Labute approximate surface area is 118 Å². The van der Waals surface area contributed by atoms with E-state index in [-0.39, 0.29) is 0 Å². The molecule has 0 saturated heterocycles. The molecule has 110 valence electrons. The van der Waals surface area contributed by atoms with Crippen LogP contribution in [-0.2, 0) is 0 Å². The molecule has 0 unspecified atom stereocenters. The Morgan fingerprint density at radius 2 is 1.68 bits per heavy atom. The molecule has 0 bridgehead atoms. The molecule has 0 aromatic rings. The lowest BCUT2D eigenvalue weighted by Gasteiger charge is -2.31. The van der Waals surface area contributed by atoms with Crippen LogP contribution in [0.25, 0.3) is 0 Å². The fraction of sp³-hybridized carbons (Fsp3) is 0.938. The van der Waals surface area contributed by atoms with Gasteiger partial charge in [-0.2, -0.15) is 0 Å². The van der Waals surface area contributed by atoms with Crippen LogP contribution in [0.1, 0.15) is 71.6 Å². The molecule has 2 aliphatic carbocycles. The van der Waals surface area contributed by atoms with Gasteiger partial charge in [0.15, 0.2) is 5.96 Å². The van der Waals surface area contributed by atoms with Crippen molar-refractivity contribution in [1.82, 2.24) is 4.90 Å². The van der Waals surface area contributed by atoms with Gasteiger partial charge in [-0.05, 0) is 38.0 Å². The number of aliphatic imine (C=N–C) groups is 1. The summed E-state index contributed by atoms with van der Waals surface area (Å²) in [4.78, 5) is 7.24. The Bertz CT molecular complexity index is 286. The quantitative estimate of drug-likeness (QED) is 0.610. The number of rotatable bonds is 5. The molecule has 2 aliphatic rings. The summed E-state index contributed by atoms with van der Waals surface area (Å²) in [6, 6.07) is 1.16. The lowest BCUT2D eigenvalue weighted by molar-refractivity contribution is 0.291. The fourth-order valence-corrected chi connectivity index (χ4v) is 3.39. The first-order valence-corrected chi connectivity index (χ1v) is 8.26. The van der Waals surface area contributed by atoms with Crippen LogP contribution in [0.5, 0.6) is 0 Å². The van der Waals surface area contributed by atoms with Gasteiger partial charge in [0.25, 0.3) is 0 Å². The molecule has 3 heteroatoms. The summed E-state index contributed by atoms with van der Waals surface area (Å²) in [5.74, 6) is 1.57. The van der Waals surface area contributed by atoms with Crippen LogP contribution in [0.2, 0.25) is 0 Å². The van der Waals surface area contributed by atoms with E-state index in [2.05, 4.69) is 18.7 Å². The maximum absolute atomic E-state index is 6.34. The number of nitrogens with two attached hydrogens (primary N) is 1. The highest BCUT2D eigenvalue weighted by Crippen LogP contribution is 2.25. The van der Waals surface area contributed by atoms with Gasteiger partial charge >= 0.3 is 0 Å². The Kier molecular flexibility index (Phi) is 5.53. The number of nitrogens with zero attached hydrogens (tertiary/aromatic N) is 2. The van der Waals surface area contributed by atoms with Crippen molar-refractivity contribution in [3.63, 3.8) is 0 Å². The van der Waals surface area contributed by atoms with Crippen LogP contribution in [0, 0.1) is 5.92 Å². The first kappa shape index (κ1) is 14.7. The van der Waals surface area contributed by atoms with Gasteiger partial charge in [-0.25, -0.2) is 4.99 Å². The largest absolute Gasteiger partial charge is 0.370 e. The minimum Gasteiger partial charge on any atom is -0.370 e. The van der Waals surface area contributed by atoms with Crippen LogP contribution in [0.4, 0.5) is 0 Å². The zero-order valence-electron chi connectivity index (χ0n) is 12.8. The van der Waals surface area contributed by atoms with E-state index in [9.17, 15) is 0 Å². The molecule has 0 aromatic heterocycles. The van der Waals surface area contributed by atoms with Gasteiger partial charge in [0, 0.05) is 12.6 Å². The summed E-state index contributed by atoms with van der Waals surface area (Å²) in [6.45, 7) is 5.67. The van der Waals surface area contributed by atoms with E-state index >= 15 is 0 Å². The minimum atomic E-state index is 0.503.